The van der Waals surface area contributed by atoms with E-state index in [0.717, 1.165) is 6.42 Å². The Morgan fingerprint density at radius 3 is 2.62 bits per heavy atom. The molecule has 0 radical (unpaired) electrons. The normalized spacial score (nSPS) is 18.7. The molecule has 1 unspecified atom stereocenters. The molecule has 1 aromatic carbocycles. The van der Waals surface area contributed by atoms with Gasteiger partial charge < -0.3 is 4.90 Å². The fraction of sp³-hybridized carbons (Fsp3) is 0.562. The Balaban J connectivity index is 2.22. The largest absolute Gasteiger partial charge is 0.335 e. The van der Waals surface area contributed by atoms with Crippen molar-refractivity contribution in [2.75, 3.05) is 18.6 Å². The summed E-state index contributed by atoms with van der Waals surface area (Å²) in [5, 5.41) is 0. The number of carbonyl (C=O) groups excluding carboxylic acids is 1. The fourth-order valence-corrected chi connectivity index (χ4v) is 3.56. The average Bonchev–Trinajstić information content (AvgIpc) is 2.42. The molecule has 1 aromatic rings. The highest BCUT2D eigenvalue weighted by atomic mass is 32.2. The molecule has 0 fully saturated rings. The van der Waals surface area contributed by atoms with Gasteiger partial charge in [0.15, 0.2) is 0 Å². The summed E-state index contributed by atoms with van der Waals surface area (Å²) in [5.41, 5.74) is 2.50. The maximum absolute atomic E-state index is 12.4. The van der Waals surface area contributed by atoms with Crippen LogP contribution < -0.4 is 0 Å². The molecule has 1 aliphatic heterocycles. The van der Waals surface area contributed by atoms with E-state index in [1.165, 1.54) is 17.4 Å². The smallest absolute Gasteiger partial charge is 0.224 e. The Bertz CT molecular complexity index is 622. The van der Waals surface area contributed by atoms with Gasteiger partial charge in [0.2, 0.25) is 5.91 Å². The zero-order valence-corrected chi connectivity index (χ0v) is 13.7. The second kappa shape index (κ2) is 6.18. The van der Waals surface area contributed by atoms with E-state index in [2.05, 4.69) is 26.0 Å². The van der Waals surface area contributed by atoms with E-state index in [0.29, 0.717) is 12.5 Å². The van der Waals surface area contributed by atoms with Gasteiger partial charge in [-0.2, -0.15) is 0 Å². The molecular weight excluding hydrogens is 286 g/mol. The number of fused-ring (bicyclic) bond motifs is 1. The zero-order valence-electron chi connectivity index (χ0n) is 12.9. The van der Waals surface area contributed by atoms with Gasteiger partial charge in [0, 0.05) is 19.2 Å². The third kappa shape index (κ3) is 3.84. The van der Waals surface area contributed by atoms with Gasteiger partial charge in [-0.05, 0) is 23.5 Å². The van der Waals surface area contributed by atoms with Crippen molar-refractivity contribution in [1.29, 1.82) is 0 Å². The van der Waals surface area contributed by atoms with Crippen LogP contribution in [0.1, 0.15) is 37.4 Å². The molecule has 1 heterocycles. The molecule has 0 N–H and O–H groups in total. The van der Waals surface area contributed by atoms with Crippen LogP contribution >= 0.6 is 0 Å². The van der Waals surface area contributed by atoms with Crippen LogP contribution in [-0.2, 0) is 21.1 Å². The minimum atomic E-state index is -3.10. The van der Waals surface area contributed by atoms with Crippen molar-refractivity contribution < 1.29 is 13.2 Å². The number of hydrogen-bond acceptors (Lipinski definition) is 3. The second-order valence-electron chi connectivity index (χ2n) is 6.10. The molecule has 0 aromatic heterocycles. The highest BCUT2D eigenvalue weighted by Crippen LogP contribution is 2.35. The van der Waals surface area contributed by atoms with Gasteiger partial charge in [-0.25, -0.2) is 8.42 Å². The van der Waals surface area contributed by atoms with E-state index >= 15 is 0 Å². The van der Waals surface area contributed by atoms with E-state index in [4.69, 9.17) is 0 Å². The molecule has 0 saturated heterocycles. The number of rotatable bonds is 4. The van der Waals surface area contributed by atoms with E-state index in [9.17, 15) is 13.2 Å². The average molecular weight is 309 g/mol. The Labute approximate surface area is 127 Å². The van der Waals surface area contributed by atoms with Crippen molar-refractivity contribution >= 4 is 15.7 Å². The molecule has 2 rings (SSSR count). The Hall–Kier alpha value is -1.36. The van der Waals surface area contributed by atoms with Crippen molar-refractivity contribution in [2.45, 2.75) is 32.7 Å². The van der Waals surface area contributed by atoms with Gasteiger partial charge in [-0.3, -0.25) is 4.79 Å². The van der Waals surface area contributed by atoms with Crippen molar-refractivity contribution in [2.24, 2.45) is 5.92 Å². The lowest BCUT2D eigenvalue weighted by atomic mass is 9.86. The van der Waals surface area contributed by atoms with Gasteiger partial charge in [-0.1, -0.05) is 38.1 Å². The van der Waals surface area contributed by atoms with Gasteiger partial charge >= 0.3 is 0 Å². The molecule has 0 spiro atoms. The highest BCUT2D eigenvalue weighted by molar-refractivity contribution is 7.90. The molecule has 0 saturated carbocycles. The predicted molar refractivity (Wildman–Crippen MR) is 83.8 cm³/mol. The molecule has 21 heavy (non-hydrogen) atoms. The van der Waals surface area contributed by atoms with E-state index in [1.54, 1.807) is 0 Å². The van der Waals surface area contributed by atoms with Crippen molar-refractivity contribution in [1.82, 2.24) is 4.90 Å². The first kappa shape index (κ1) is 16.0. The van der Waals surface area contributed by atoms with Crippen LogP contribution in [0, 0.1) is 5.92 Å². The SMILES string of the molecule is CC(C)C1c2ccccc2CCN1C(=O)CCS(C)(=O)=O. The maximum Gasteiger partial charge on any atom is 0.224 e. The fourth-order valence-electron chi connectivity index (χ4n) is 3.01. The Morgan fingerprint density at radius 2 is 2.00 bits per heavy atom. The first-order valence-corrected chi connectivity index (χ1v) is 9.40. The summed E-state index contributed by atoms with van der Waals surface area (Å²) in [5.74, 6) is 0.164. The molecular formula is C16H23NO3S. The maximum atomic E-state index is 12.4. The van der Waals surface area contributed by atoms with Crippen molar-refractivity contribution in [3.63, 3.8) is 0 Å². The molecule has 5 heteroatoms. The molecule has 1 aliphatic rings. The lowest BCUT2D eigenvalue weighted by Gasteiger charge is -2.40. The molecule has 0 aliphatic carbocycles. The van der Waals surface area contributed by atoms with Crippen LogP contribution in [0.15, 0.2) is 24.3 Å². The highest BCUT2D eigenvalue weighted by Gasteiger charge is 2.32. The van der Waals surface area contributed by atoms with E-state index < -0.39 is 9.84 Å². The van der Waals surface area contributed by atoms with Gasteiger partial charge in [0.1, 0.15) is 9.84 Å². The molecule has 4 nitrogen and oxygen atoms in total. The standard InChI is InChI=1S/C16H23NO3S/c1-12(2)16-14-7-5-4-6-13(14)8-10-17(16)15(18)9-11-21(3,19)20/h4-7,12,16H,8-11H2,1-3H3. The lowest BCUT2D eigenvalue weighted by molar-refractivity contribution is -0.134. The third-order valence-electron chi connectivity index (χ3n) is 3.97. The quantitative estimate of drug-likeness (QED) is 0.857. The summed E-state index contributed by atoms with van der Waals surface area (Å²) >= 11 is 0. The number of nitrogens with zero attached hydrogens (tertiary/aromatic N) is 1. The summed E-state index contributed by atoms with van der Waals surface area (Å²) < 4.78 is 22.5. The summed E-state index contributed by atoms with van der Waals surface area (Å²) in [4.78, 5) is 14.3. The Morgan fingerprint density at radius 1 is 1.33 bits per heavy atom. The van der Waals surface area contributed by atoms with Crippen LogP contribution in [0.2, 0.25) is 0 Å². The van der Waals surface area contributed by atoms with Crippen LogP contribution in [0.25, 0.3) is 0 Å². The van der Waals surface area contributed by atoms with Crippen molar-refractivity contribution in [3.05, 3.63) is 35.4 Å². The summed E-state index contributed by atoms with van der Waals surface area (Å²) in [6, 6.07) is 8.26. The summed E-state index contributed by atoms with van der Waals surface area (Å²) in [6.45, 7) is 4.87. The van der Waals surface area contributed by atoms with Gasteiger partial charge in [0.05, 0.1) is 11.8 Å². The van der Waals surface area contributed by atoms with Crippen LogP contribution in [-0.4, -0.2) is 37.8 Å². The molecule has 0 bridgehead atoms. The number of sulfone groups is 1. The zero-order chi connectivity index (χ0) is 15.6. The second-order valence-corrected chi connectivity index (χ2v) is 8.36. The number of benzene rings is 1. The first-order chi connectivity index (χ1) is 9.79. The summed E-state index contributed by atoms with van der Waals surface area (Å²) in [6.07, 6.45) is 2.08. The minimum absolute atomic E-state index is 0.0435. The van der Waals surface area contributed by atoms with Crippen LogP contribution in [0.3, 0.4) is 0 Å². The Kier molecular flexibility index (Phi) is 4.71. The number of carbonyl (C=O) groups is 1. The predicted octanol–water partition coefficient (Wildman–Crippen LogP) is 2.20. The summed E-state index contributed by atoms with van der Waals surface area (Å²) in [7, 11) is -3.10. The van der Waals surface area contributed by atoms with Crippen LogP contribution in [0.4, 0.5) is 0 Å². The van der Waals surface area contributed by atoms with Crippen molar-refractivity contribution in [3.8, 4) is 0 Å². The number of hydrogen-bond donors (Lipinski definition) is 0. The van der Waals surface area contributed by atoms with Gasteiger partial charge in [-0.15, -0.1) is 0 Å². The number of amides is 1. The lowest BCUT2D eigenvalue weighted by Crippen LogP contribution is -2.42. The van der Waals surface area contributed by atoms with E-state index in [1.807, 2.05) is 17.0 Å². The van der Waals surface area contributed by atoms with E-state index in [-0.39, 0.29) is 24.1 Å². The topological polar surface area (TPSA) is 54.5 Å². The first-order valence-electron chi connectivity index (χ1n) is 7.34. The molecule has 1 amide bonds. The molecule has 116 valence electrons. The van der Waals surface area contributed by atoms with Gasteiger partial charge in [0.25, 0.3) is 0 Å². The molecule has 1 atom stereocenters. The minimum Gasteiger partial charge on any atom is -0.335 e. The monoisotopic (exact) mass is 309 g/mol. The third-order valence-corrected chi connectivity index (χ3v) is 4.92. The van der Waals surface area contributed by atoms with Crippen LogP contribution in [0.5, 0.6) is 0 Å².